The molecule has 0 aliphatic carbocycles. The summed E-state index contributed by atoms with van der Waals surface area (Å²) in [5, 5.41) is 9.71. The van der Waals surface area contributed by atoms with Crippen molar-refractivity contribution in [2.75, 3.05) is 0 Å². The van der Waals surface area contributed by atoms with E-state index in [1.165, 1.54) is 0 Å². The lowest BCUT2D eigenvalue weighted by molar-refractivity contribution is 0.0696. The number of nitrogens with zero attached hydrogens (tertiary/aromatic N) is 1. The fraction of sp³-hybridized carbons (Fsp3) is 0. The molecule has 0 amide bonds. The number of hydrogen-bond donors (Lipinski definition) is 1. The predicted molar refractivity (Wildman–Crippen MR) is 79.5 cm³/mol. The Bertz CT molecular complexity index is 838. The molecule has 0 radical (unpaired) electrons. The number of rotatable bonds is 3. The average Bonchev–Trinajstić information content (AvgIpc) is 2.53. The lowest BCUT2D eigenvalue weighted by Crippen LogP contribution is -1.95. The molecule has 1 heterocycles. The number of aromatic nitrogens is 1. The van der Waals surface area contributed by atoms with E-state index in [1.807, 2.05) is 18.2 Å². The van der Waals surface area contributed by atoms with Crippen LogP contribution >= 0.6 is 0 Å². The summed E-state index contributed by atoms with van der Waals surface area (Å²) in [4.78, 5) is 26.1. The van der Waals surface area contributed by atoms with E-state index in [9.17, 15) is 9.59 Å². The maximum Gasteiger partial charge on any atom is 0.335 e. The Hall–Kier alpha value is -3.01. The third kappa shape index (κ3) is 2.39. The molecule has 0 bridgehead atoms. The second-order valence-electron chi connectivity index (χ2n) is 4.63. The summed E-state index contributed by atoms with van der Waals surface area (Å²) < 4.78 is 0. The average molecular weight is 277 g/mol. The SMILES string of the molecule is O=Cc1ccnc2cc(-c3ccc(C(=O)O)cc3)ccc12. The molecule has 0 saturated carbocycles. The molecule has 0 aliphatic heterocycles. The second-order valence-corrected chi connectivity index (χ2v) is 4.63. The zero-order valence-corrected chi connectivity index (χ0v) is 11.0. The number of aromatic carboxylic acids is 1. The fourth-order valence-corrected chi connectivity index (χ4v) is 2.26. The van der Waals surface area contributed by atoms with Gasteiger partial charge in [-0.25, -0.2) is 4.79 Å². The van der Waals surface area contributed by atoms with Crippen LogP contribution in [0.3, 0.4) is 0 Å². The molecule has 102 valence electrons. The number of hydrogen-bond acceptors (Lipinski definition) is 3. The number of aldehydes is 1. The highest BCUT2D eigenvalue weighted by atomic mass is 16.4. The topological polar surface area (TPSA) is 67.3 Å². The van der Waals surface area contributed by atoms with Gasteiger partial charge in [-0.3, -0.25) is 9.78 Å². The van der Waals surface area contributed by atoms with Gasteiger partial charge >= 0.3 is 5.97 Å². The van der Waals surface area contributed by atoms with E-state index in [2.05, 4.69) is 4.98 Å². The molecule has 1 N–H and O–H groups in total. The Labute approximate surface area is 120 Å². The number of carboxylic acids is 1. The lowest BCUT2D eigenvalue weighted by Gasteiger charge is -2.05. The Morgan fingerprint density at radius 2 is 1.71 bits per heavy atom. The van der Waals surface area contributed by atoms with Gasteiger partial charge in [-0.05, 0) is 35.4 Å². The monoisotopic (exact) mass is 277 g/mol. The van der Waals surface area contributed by atoms with E-state index in [-0.39, 0.29) is 5.56 Å². The summed E-state index contributed by atoms with van der Waals surface area (Å²) in [6.45, 7) is 0. The quantitative estimate of drug-likeness (QED) is 0.745. The largest absolute Gasteiger partial charge is 0.478 e. The highest BCUT2D eigenvalue weighted by Crippen LogP contribution is 2.25. The van der Waals surface area contributed by atoms with Crippen molar-refractivity contribution in [3.63, 3.8) is 0 Å². The summed E-state index contributed by atoms with van der Waals surface area (Å²) >= 11 is 0. The van der Waals surface area contributed by atoms with Crippen LogP contribution in [0.1, 0.15) is 20.7 Å². The molecule has 0 aliphatic rings. The number of carbonyl (C=O) groups is 2. The molecule has 0 saturated heterocycles. The number of carboxylic acid groups (broad SMARTS) is 1. The van der Waals surface area contributed by atoms with E-state index < -0.39 is 5.97 Å². The molecule has 4 nitrogen and oxygen atoms in total. The van der Waals surface area contributed by atoms with Gasteiger partial charge in [0.05, 0.1) is 11.1 Å². The van der Waals surface area contributed by atoms with Gasteiger partial charge in [0.25, 0.3) is 0 Å². The maximum absolute atomic E-state index is 11.0. The first kappa shape index (κ1) is 13.0. The van der Waals surface area contributed by atoms with Crippen LogP contribution in [0.2, 0.25) is 0 Å². The van der Waals surface area contributed by atoms with Crippen LogP contribution in [-0.4, -0.2) is 22.3 Å². The number of benzene rings is 2. The zero-order chi connectivity index (χ0) is 14.8. The number of carbonyl (C=O) groups excluding carboxylic acids is 1. The Kier molecular flexibility index (Phi) is 3.20. The van der Waals surface area contributed by atoms with E-state index in [4.69, 9.17) is 5.11 Å². The third-order valence-corrected chi connectivity index (χ3v) is 3.37. The number of fused-ring (bicyclic) bond motifs is 1. The summed E-state index contributed by atoms with van der Waals surface area (Å²) in [7, 11) is 0. The van der Waals surface area contributed by atoms with Gasteiger partial charge < -0.3 is 5.11 Å². The number of pyridine rings is 1. The fourth-order valence-electron chi connectivity index (χ4n) is 2.26. The standard InChI is InChI=1S/C17H11NO3/c19-10-14-7-8-18-16-9-13(5-6-15(14)16)11-1-3-12(4-2-11)17(20)21/h1-10H,(H,20,21). The van der Waals surface area contributed by atoms with Gasteiger partial charge in [-0.1, -0.05) is 24.3 Å². The Balaban J connectivity index is 2.08. The zero-order valence-electron chi connectivity index (χ0n) is 11.0. The van der Waals surface area contributed by atoms with Crippen LogP contribution in [0.25, 0.3) is 22.0 Å². The molecule has 0 fully saturated rings. The molecule has 0 atom stereocenters. The first-order valence-electron chi connectivity index (χ1n) is 6.37. The Morgan fingerprint density at radius 3 is 2.38 bits per heavy atom. The minimum atomic E-state index is -0.947. The van der Waals surface area contributed by atoms with Crippen molar-refractivity contribution in [2.45, 2.75) is 0 Å². The summed E-state index contributed by atoms with van der Waals surface area (Å²) in [6, 6.07) is 14.0. The minimum Gasteiger partial charge on any atom is -0.478 e. The molecule has 2 aromatic carbocycles. The van der Waals surface area contributed by atoms with Crippen molar-refractivity contribution in [3.05, 3.63) is 65.9 Å². The molecule has 0 unspecified atom stereocenters. The predicted octanol–water partition coefficient (Wildman–Crippen LogP) is 3.41. The van der Waals surface area contributed by atoms with Crippen molar-refractivity contribution in [1.82, 2.24) is 4.98 Å². The van der Waals surface area contributed by atoms with E-state index in [0.717, 1.165) is 28.3 Å². The van der Waals surface area contributed by atoms with Crippen molar-refractivity contribution in [2.24, 2.45) is 0 Å². The highest BCUT2D eigenvalue weighted by Gasteiger charge is 2.06. The molecule has 0 spiro atoms. The van der Waals surface area contributed by atoms with Crippen molar-refractivity contribution in [3.8, 4) is 11.1 Å². The highest BCUT2D eigenvalue weighted by molar-refractivity contribution is 5.97. The van der Waals surface area contributed by atoms with Crippen LogP contribution in [0.4, 0.5) is 0 Å². The van der Waals surface area contributed by atoms with E-state index >= 15 is 0 Å². The van der Waals surface area contributed by atoms with Crippen LogP contribution < -0.4 is 0 Å². The normalized spacial score (nSPS) is 10.5. The lowest BCUT2D eigenvalue weighted by atomic mass is 10.0. The molecular weight excluding hydrogens is 266 g/mol. The van der Waals surface area contributed by atoms with Crippen LogP contribution in [0, 0.1) is 0 Å². The Morgan fingerprint density at radius 1 is 1.00 bits per heavy atom. The van der Waals surface area contributed by atoms with E-state index in [0.29, 0.717) is 5.56 Å². The van der Waals surface area contributed by atoms with Crippen molar-refractivity contribution in [1.29, 1.82) is 0 Å². The second kappa shape index (κ2) is 5.17. The summed E-state index contributed by atoms with van der Waals surface area (Å²) in [5.74, 6) is -0.947. The van der Waals surface area contributed by atoms with E-state index in [1.54, 1.807) is 36.5 Å². The molecule has 4 heteroatoms. The van der Waals surface area contributed by atoms with Crippen LogP contribution in [-0.2, 0) is 0 Å². The molecule has 3 aromatic rings. The van der Waals surface area contributed by atoms with Crippen LogP contribution in [0.5, 0.6) is 0 Å². The van der Waals surface area contributed by atoms with Crippen molar-refractivity contribution >= 4 is 23.2 Å². The summed E-state index contributed by atoms with van der Waals surface area (Å²) in [6.07, 6.45) is 2.41. The van der Waals surface area contributed by atoms with Crippen LogP contribution in [0.15, 0.2) is 54.7 Å². The first-order valence-corrected chi connectivity index (χ1v) is 6.37. The van der Waals surface area contributed by atoms with Gasteiger partial charge in [-0.15, -0.1) is 0 Å². The molecular formula is C17H11NO3. The van der Waals surface area contributed by atoms with Crippen molar-refractivity contribution < 1.29 is 14.7 Å². The maximum atomic E-state index is 11.0. The summed E-state index contributed by atoms with van der Waals surface area (Å²) in [5.41, 5.74) is 3.42. The third-order valence-electron chi connectivity index (χ3n) is 3.37. The first-order chi connectivity index (χ1) is 10.2. The molecule has 1 aromatic heterocycles. The van der Waals surface area contributed by atoms with Gasteiger partial charge in [0.15, 0.2) is 6.29 Å². The van der Waals surface area contributed by atoms with Gasteiger partial charge in [0.1, 0.15) is 0 Å². The minimum absolute atomic E-state index is 0.251. The molecule has 3 rings (SSSR count). The van der Waals surface area contributed by atoms with Gasteiger partial charge in [-0.2, -0.15) is 0 Å². The van der Waals surface area contributed by atoms with Gasteiger partial charge in [0, 0.05) is 17.1 Å². The smallest absolute Gasteiger partial charge is 0.335 e. The van der Waals surface area contributed by atoms with Gasteiger partial charge in [0.2, 0.25) is 0 Å². The molecule has 21 heavy (non-hydrogen) atoms.